The first-order valence-corrected chi connectivity index (χ1v) is 6.90. The molecule has 0 aliphatic rings. The van der Waals surface area contributed by atoms with E-state index in [2.05, 4.69) is 5.32 Å². The van der Waals surface area contributed by atoms with Gasteiger partial charge in [0, 0.05) is 13.1 Å². The maximum atomic E-state index is 12.1. The van der Waals surface area contributed by atoms with E-state index in [0.717, 1.165) is 5.56 Å². The Morgan fingerprint density at radius 1 is 1.25 bits per heavy atom. The van der Waals surface area contributed by atoms with Crippen molar-refractivity contribution in [3.63, 3.8) is 0 Å². The van der Waals surface area contributed by atoms with Crippen LogP contribution in [0.3, 0.4) is 0 Å². The first kappa shape index (κ1) is 16.0. The molecule has 5 heteroatoms. The number of rotatable bonds is 7. The van der Waals surface area contributed by atoms with Crippen LogP contribution in [0.4, 0.5) is 4.79 Å². The molecule has 5 nitrogen and oxygen atoms in total. The van der Waals surface area contributed by atoms with Crippen molar-refractivity contribution < 1.29 is 14.7 Å². The number of carboxylic acids is 1. The number of nitrogens with zero attached hydrogens (tertiary/aromatic N) is 1. The number of hydrogen-bond donors (Lipinski definition) is 2. The molecule has 0 bridgehead atoms. The van der Waals surface area contributed by atoms with E-state index in [1.165, 1.54) is 0 Å². The molecule has 1 atom stereocenters. The molecule has 0 unspecified atom stereocenters. The van der Waals surface area contributed by atoms with Gasteiger partial charge in [-0.25, -0.2) is 9.59 Å². The fraction of sp³-hybridized carbons (Fsp3) is 0.467. The van der Waals surface area contributed by atoms with Gasteiger partial charge in [0.25, 0.3) is 0 Å². The van der Waals surface area contributed by atoms with E-state index < -0.39 is 12.0 Å². The summed E-state index contributed by atoms with van der Waals surface area (Å²) in [6.45, 7) is 4.77. The second kappa shape index (κ2) is 8.19. The standard InChI is InChI=1S/C15H22N2O3/c1-3-8-13(14(18)19)16-15(20)17(4-2)11-12-9-6-5-7-10-12/h5-7,9-10,13H,3-4,8,11H2,1-2H3,(H,16,20)(H,18,19)/t13-/m1/s1. The van der Waals surface area contributed by atoms with Gasteiger partial charge in [-0.05, 0) is 18.9 Å². The lowest BCUT2D eigenvalue weighted by molar-refractivity contribution is -0.139. The number of carbonyl (C=O) groups is 2. The Labute approximate surface area is 119 Å². The van der Waals surface area contributed by atoms with E-state index in [9.17, 15) is 9.59 Å². The molecule has 2 amide bonds. The van der Waals surface area contributed by atoms with Gasteiger partial charge in [0.05, 0.1) is 0 Å². The van der Waals surface area contributed by atoms with Gasteiger partial charge in [0.2, 0.25) is 0 Å². The molecule has 0 radical (unpaired) electrons. The highest BCUT2D eigenvalue weighted by Gasteiger charge is 2.21. The molecular formula is C15H22N2O3. The number of aliphatic carboxylic acids is 1. The van der Waals surface area contributed by atoms with E-state index in [1.807, 2.05) is 44.2 Å². The average molecular weight is 278 g/mol. The highest BCUT2D eigenvalue weighted by Crippen LogP contribution is 2.06. The SMILES string of the molecule is CCC[C@@H](NC(=O)N(CC)Cc1ccccc1)C(=O)O. The van der Waals surface area contributed by atoms with E-state index in [-0.39, 0.29) is 6.03 Å². The lowest BCUT2D eigenvalue weighted by atomic mass is 10.1. The maximum Gasteiger partial charge on any atom is 0.326 e. The van der Waals surface area contributed by atoms with Crippen molar-refractivity contribution in [2.75, 3.05) is 6.54 Å². The molecule has 0 saturated carbocycles. The van der Waals surface area contributed by atoms with Gasteiger partial charge in [0.1, 0.15) is 6.04 Å². The number of amides is 2. The highest BCUT2D eigenvalue weighted by molar-refractivity contribution is 5.82. The summed E-state index contributed by atoms with van der Waals surface area (Å²) in [6.07, 6.45) is 1.14. The van der Waals surface area contributed by atoms with Crippen LogP contribution in [0, 0.1) is 0 Å². The molecule has 0 heterocycles. The van der Waals surface area contributed by atoms with Crippen molar-refractivity contribution in [1.29, 1.82) is 0 Å². The van der Waals surface area contributed by atoms with Gasteiger partial charge >= 0.3 is 12.0 Å². The van der Waals surface area contributed by atoms with Crippen molar-refractivity contribution in [2.45, 2.75) is 39.3 Å². The van der Waals surface area contributed by atoms with Crippen LogP contribution in [0.25, 0.3) is 0 Å². The van der Waals surface area contributed by atoms with Crippen molar-refractivity contribution in [3.8, 4) is 0 Å². The normalized spacial score (nSPS) is 11.7. The lowest BCUT2D eigenvalue weighted by Crippen LogP contribution is -2.47. The van der Waals surface area contributed by atoms with Crippen molar-refractivity contribution >= 4 is 12.0 Å². The first-order valence-electron chi connectivity index (χ1n) is 6.90. The lowest BCUT2D eigenvalue weighted by Gasteiger charge is -2.24. The van der Waals surface area contributed by atoms with E-state index in [0.29, 0.717) is 25.9 Å². The molecule has 0 spiro atoms. The molecule has 0 aromatic heterocycles. The minimum Gasteiger partial charge on any atom is -0.480 e. The number of benzene rings is 1. The topological polar surface area (TPSA) is 69.6 Å². The minimum absolute atomic E-state index is 0.336. The van der Waals surface area contributed by atoms with Gasteiger partial charge in [0.15, 0.2) is 0 Å². The number of nitrogens with one attached hydrogen (secondary N) is 1. The Hall–Kier alpha value is -2.04. The van der Waals surface area contributed by atoms with Crippen LogP contribution in [-0.4, -0.2) is 34.6 Å². The monoisotopic (exact) mass is 278 g/mol. The fourth-order valence-corrected chi connectivity index (χ4v) is 1.92. The van der Waals surface area contributed by atoms with Gasteiger partial charge in [-0.3, -0.25) is 0 Å². The summed E-state index contributed by atoms with van der Waals surface area (Å²) in [6, 6.07) is 8.47. The van der Waals surface area contributed by atoms with Crippen LogP contribution in [0.1, 0.15) is 32.3 Å². The molecular weight excluding hydrogens is 256 g/mol. The van der Waals surface area contributed by atoms with Crippen molar-refractivity contribution in [2.24, 2.45) is 0 Å². The molecule has 1 aromatic rings. The third-order valence-electron chi connectivity index (χ3n) is 3.06. The maximum absolute atomic E-state index is 12.1. The molecule has 20 heavy (non-hydrogen) atoms. The van der Waals surface area contributed by atoms with Crippen LogP contribution < -0.4 is 5.32 Å². The molecule has 110 valence electrons. The summed E-state index contributed by atoms with van der Waals surface area (Å²) in [7, 11) is 0. The fourth-order valence-electron chi connectivity index (χ4n) is 1.92. The second-order valence-corrected chi connectivity index (χ2v) is 4.63. The zero-order valence-corrected chi connectivity index (χ0v) is 12.0. The van der Waals surface area contributed by atoms with E-state index in [1.54, 1.807) is 4.90 Å². The number of urea groups is 1. The molecule has 1 aromatic carbocycles. The second-order valence-electron chi connectivity index (χ2n) is 4.63. The van der Waals surface area contributed by atoms with Gasteiger partial charge in [-0.2, -0.15) is 0 Å². The van der Waals surface area contributed by atoms with Gasteiger partial charge in [-0.1, -0.05) is 43.7 Å². The van der Waals surface area contributed by atoms with Crippen LogP contribution in [0.2, 0.25) is 0 Å². The van der Waals surface area contributed by atoms with Crippen LogP contribution >= 0.6 is 0 Å². The third-order valence-corrected chi connectivity index (χ3v) is 3.06. The van der Waals surface area contributed by atoms with Crippen molar-refractivity contribution in [1.82, 2.24) is 10.2 Å². The zero-order valence-electron chi connectivity index (χ0n) is 12.0. The van der Waals surface area contributed by atoms with Gasteiger partial charge < -0.3 is 15.3 Å². The van der Waals surface area contributed by atoms with E-state index >= 15 is 0 Å². The summed E-state index contributed by atoms with van der Waals surface area (Å²) in [5.74, 6) is -0.990. The Morgan fingerprint density at radius 2 is 1.90 bits per heavy atom. The molecule has 0 aliphatic carbocycles. The van der Waals surface area contributed by atoms with E-state index in [4.69, 9.17) is 5.11 Å². The average Bonchev–Trinajstić information content (AvgIpc) is 2.45. The Morgan fingerprint density at radius 3 is 2.40 bits per heavy atom. The van der Waals surface area contributed by atoms with Crippen molar-refractivity contribution in [3.05, 3.63) is 35.9 Å². The summed E-state index contributed by atoms with van der Waals surface area (Å²) >= 11 is 0. The van der Waals surface area contributed by atoms with Crippen LogP contribution in [0.5, 0.6) is 0 Å². The molecule has 2 N–H and O–H groups in total. The Bertz CT molecular complexity index is 434. The minimum atomic E-state index is -0.990. The quantitative estimate of drug-likeness (QED) is 0.805. The number of carboxylic acid groups (broad SMARTS) is 1. The Balaban J connectivity index is 2.64. The van der Waals surface area contributed by atoms with Crippen LogP contribution in [-0.2, 0) is 11.3 Å². The predicted octanol–water partition coefficient (Wildman–Crippen LogP) is 2.47. The molecule has 1 rings (SSSR count). The summed E-state index contributed by atoms with van der Waals surface area (Å²) < 4.78 is 0. The highest BCUT2D eigenvalue weighted by atomic mass is 16.4. The molecule has 0 aliphatic heterocycles. The van der Waals surface area contributed by atoms with Gasteiger partial charge in [-0.15, -0.1) is 0 Å². The number of carbonyl (C=O) groups excluding carboxylic acids is 1. The van der Waals surface area contributed by atoms with Crippen LogP contribution in [0.15, 0.2) is 30.3 Å². The molecule has 0 saturated heterocycles. The molecule has 0 fully saturated rings. The predicted molar refractivity (Wildman–Crippen MR) is 77.4 cm³/mol. The largest absolute Gasteiger partial charge is 0.480 e. The first-order chi connectivity index (χ1) is 9.58. The summed E-state index contributed by atoms with van der Waals surface area (Å²) in [4.78, 5) is 24.8. The number of hydrogen-bond acceptors (Lipinski definition) is 2. The zero-order chi connectivity index (χ0) is 15.0. The third kappa shape index (κ3) is 4.91. The summed E-state index contributed by atoms with van der Waals surface area (Å²) in [5, 5.41) is 11.6. The smallest absolute Gasteiger partial charge is 0.326 e. The Kier molecular flexibility index (Phi) is 6.56. The summed E-state index contributed by atoms with van der Waals surface area (Å²) in [5.41, 5.74) is 1.02.